The maximum Gasteiger partial charge on any atom is 0.180 e. The van der Waals surface area contributed by atoms with E-state index in [-0.39, 0.29) is 23.0 Å². The van der Waals surface area contributed by atoms with Gasteiger partial charge in [0.1, 0.15) is 17.4 Å². The summed E-state index contributed by atoms with van der Waals surface area (Å²) < 4.78 is 0. The van der Waals surface area contributed by atoms with E-state index >= 15 is 0 Å². The van der Waals surface area contributed by atoms with E-state index in [1.165, 1.54) is 0 Å². The van der Waals surface area contributed by atoms with E-state index in [2.05, 4.69) is 4.98 Å². The van der Waals surface area contributed by atoms with Crippen LogP contribution in [0.4, 0.5) is 0 Å². The maximum atomic E-state index is 12.8. The molecule has 0 saturated carbocycles. The van der Waals surface area contributed by atoms with Crippen LogP contribution in [0, 0.1) is 20.8 Å². The van der Waals surface area contributed by atoms with Gasteiger partial charge >= 0.3 is 0 Å². The molecule has 1 N–H and O–H groups in total. The van der Waals surface area contributed by atoms with Gasteiger partial charge in [0.25, 0.3) is 0 Å². The predicted octanol–water partition coefficient (Wildman–Crippen LogP) is 4.03. The zero-order valence-corrected chi connectivity index (χ0v) is 14.3. The highest BCUT2D eigenvalue weighted by atomic mass is 16.3. The second-order valence-corrected chi connectivity index (χ2v) is 6.73. The summed E-state index contributed by atoms with van der Waals surface area (Å²) >= 11 is 0. The molecule has 0 spiro atoms. The van der Waals surface area contributed by atoms with Crippen LogP contribution in [0.15, 0.2) is 36.4 Å². The molecule has 0 radical (unpaired) electrons. The standard InChI is InChI=1S/C21H17NO3/c1-10-4-5-16-13(6-10)9-17(23)19(22-16)18-20(24)14-7-11(2)12(3)8-15(14)21(18)25/h4-9,18,23H,1-3H3. The summed E-state index contributed by atoms with van der Waals surface area (Å²) in [4.78, 5) is 30.1. The normalized spacial score (nSPS) is 14.4. The molecule has 0 atom stereocenters. The molecule has 0 fully saturated rings. The number of aryl methyl sites for hydroxylation is 3. The Labute approximate surface area is 145 Å². The quantitative estimate of drug-likeness (QED) is 0.684. The summed E-state index contributed by atoms with van der Waals surface area (Å²) in [5, 5.41) is 11.2. The van der Waals surface area contributed by atoms with Crippen LogP contribution in [0.1, 0.15) is 49.0 Å². The van der Waals surface area contributed by atoms with E-state index in [4.69, 9.17) is 0 Å². The van der Waals surface area contributed by atoms with Crippen LogP contribution in [0.25, 0.3) is 10.9 Å². The summed E-state index contributed by atoms with van der Waals surface area (Å²) in [6.07, 6.45) is 0. The fourth-order valence-corrected chi connectivity index (χ4v) is 3.41. The van der Waals surface area contributed by atoms with Crippen molar-refractivity contribution in [3.63, 3.8) is 0 Å². The molecular formula is C21H17NO3. The van der Waals surface area contributed by atoms with Crippen LogP contribution in [0.5, 0.6) is 5.75 Å². The Morgan fingerprint density at radius 1 is 0.880 bits per heavy atom. The summed E-state index contributed by atoms with van der Waals surface area (Å²) in [5.41, 5.74) is 4.61. The lowest BCUT2D eigenvalue weighted by Gasteiger charge is -2.10. The second kappa shape index (κ2) is 5.24. The third-order valence-corrected chi connectivity index (χ3v) is 4.94. The first-order valence-electron chi connectivity index (χ1n) is 8.17. The number of rotatable bonds is 1. The zero-order valence-electron chi connectivity index (χ0n) is 14.3. The van der Waals surface area contributed by atoms with E-state index in [1.54, 1.807) is 18.2 Å². The number of hydrogen-bond acceptors (Lipinski definition) is 4. The molecule has 2 aromatic carbocycles. The molecule has 0 bridgehead atoms. The van der Waals surface area contributed by atoms with Crippen molar-refractivity contribution in [3.05, 3.63) is 69.9 Å². The largest absolute Gasteiger partial charge is 0.506 e. The number of pyridine rings is 1. The number of ketones is 2. The van der Waals surface area contributed by atoms with Crippen LogP contribution < -0.4 is 0 Å². The van der Waals surface area contributed by atoms with Crippen molar-refractivity contribution in [2.24, 2.45) is 0 Å². The number of carbonyl (C=O) groups excluding carboxylic acids is 2. The number of Topliss-reactive ketones (excluding diaryl/α,β-unsaturated/α-hetero) is 2. The predicted molar refractivity (Wildman–Crippen MR) is 95.5 cm³/mol. The molecule has 4 rings (SSSR count). The Kier molecular flexibility index (Phi) is 3.25. The van der Waals surface area contributed by atoms with Crippen molar-refractivity contribution in [2.45, 2.75) is 26.7 Å². The van der Waals surface area contributed by atoms with Gasteiger partial charge in [0.2, 0.25) is 0 Å². The number of benzene rings is 2. The highest BCUT2D eigenvalue weighted by molar-refractivity contribution is 6.30. The summed E-state index contributed by atoms with van der Waals surface area (Å²) in [7, 11) is 0. The average Bonchev–Trinajstić information content (AvgIpc) is 2.79. The van der Waals surface area contributed by atoms with Gasteiger partial charge in [-0.15, -0.1) is 0 Å². The van der Waals surface area contributed by atoms with Crippen LogP contribution in [-0.4, -0.2) is 21.7 Å². The van der Waals surface area contributed by atoms with Crippen molar-refractivity contribution in [1.82, 2.24) is 4.98 Å². The number of aromatic hydroxyl groups is 1. The van der Waals surface area contributed by atoms with Crippen LogP contribution >= 0.6 is 0 Å². The van der Waals surface area contributed by atoms with Gasteiger partial charge in [-0.1, -0.05) is 11.6 Å². The van der Waals surface area contributed by atoms with Gasteiger partial charge in [-0.05, 0) is 62.2 Å². The average molecular weight is 331 g/mol. The second-order valence-electron chi connectivity index (χ2n) is 6.73. The number of aromatic nitrogens is 1. The molecule has 0 amide bonds. The van der Waals surface area contributed by atoms with Crippen LogP contribution in [0.2, 0.25) is 0 Å². The van der Waals surface area contributed by atoms with Gasteiger partial charge in [-0.2, -0.15) is 0 Å². The molecule has 0 aliphatic heterocycles. The van der Waals surface area contributed by atoms with Crippen LogP contribution in [0.3, 0.4) is 0 Å². The van der Waals surface area contributed by atoms with E-state index in [1.807, 2.05) is 39.0 Å². The lowest BCUT2D eigenvalue weighted by Crippen LogP contribution is -2.14. The van der Waals surface area contributed by atoms with Gasteiger partial charge in [-0.3, -0.25) is 9.59 Å². The van der Waals surface area contributed by atoms with Crippen molar-refractivity contribution < 1.29 is 14.7 Å². The third kappa shape index (κ3) is 2.25. The fraction of sp³-hybridized carbons (Fsp3) is 0.190. The molecule has 4 nitrogen and oxygen atoms in total. The highest BCUT2D eigenvalue weighted by Gasteiger charge is 2.42. The van der Waals surface area contributed by atoms with Gasteiger partial charge in [0.05, 0.1) is 5.52 Å². The molecule has 1 aromatic heterocycles. The van der Waals surface area contributed by atoms with Crippen molar-refractivity contribution in [2.75, 3.05) is 0 Å². The van der Waals surface area contributed by atoms with Gasteiger partial charge in [-0.25, -0.2) is 4.98 Å². The highest BCUT2D eigenvalue weighted by Crippen LogP contribution is 2.38. The minimum Gasteiger partial charge on any atom is -0.506 e. The third-order valence-electron chi connectivity index (χ3n) is 4.94. The summed E-state index contributed by atoms with van der Waals surface area (Å²) in [6, 6.07) is 10.7. The van der Waals surface area contributed by atoms with Gasteiger partial charge < -0.3 is 5.11 Å². The molecule has 0 saturated heterocycles. The lowest BCUT2D eigenvalue weighted by atomic mass is 9.97. The Morgan fingerprint density at radius 2 is 1.48 bits per heavy atom. The molecule has 1 aliphatic rings. The van der Waals surface area contributed by atoms with E-state index in [0.717, 1.165) is 22.1 Å². The summed E-state index contributed by atoms with van der Waals surface area (Å²) in [5.74, 6) is -1.78. The molecule has 124 valence electrons. The Bertz CT molecular complexity index is 1040. The van der Waals surface area contributed by atoms with Crippen molar-refractivity contribution >= 4 is 22.5 Å². The molecular weight excluding hydrogens is 314 g/mol. The number of hydrogen-bond donors (Lipinski definition) is 1. The SMILES string of the molecule is Cc1ccc2nc(C3C(=O)c4cc(C)c(C)cc4C3=O)c(O)cc2c1. The van der Waals surface area contributed by atoms with Gasteiger partial charge in [0.15, 0.2) is 11.6 Å². The van der Waals surface area contributed by atoms with E-state index in [9.17, 15) is 14.7 Å². The summed E-state index contributed by atoms with van der Waals surface area (Å²) in [6.45, 7) is 5.78. The maximum absolute atomic E-state index is 12.8. The molecule has 1 aliphatic carbocycles. The Balaban J connectivity index is 1.89. The van der Waals surface area contributed by atoms with Gasteiger partial charge in [0, 0.05) is 16.5 Å². The first kappa shape index (κ1) is 15.5. The number of fused-ring (bicyclic) bond motifs is 2. The zero-order chi connectivity index (χ0) is 17.9. The molecule has 3 aromatic rings. The van der Waals surface area contributed by atoms with Crippen LogP contribution in [-0.2, 0) is 0 Å². The van der Waals surface area contributed by atoms with Crippen molar-refractivity contribution in [3.8, 4) is 5.75 Å². The monoisotopic (exact) mass is 331 g/mol. The minimum absolute atomic E-state index is 0.119. The molecule has 25 heavy (non-hydrogen) atoms. The fourth-order valence-electron chi connectivity index (χ4n) is 3.41. The number of nitrogens with zero attached hydrogens (tertiary/aromatic N) is 1. The first-order chi connectivity index (χ1) is 11.9. The first-order valence-corrected chi connectivity index (χ1v) is 8.17. The molecule has 1 heterocycles. The minimum atomic E-state index is -1.07. The smallest absolute Gasteiger partial charge is 0.180 e. The molecule has 4 heteroatoms. The number of carbonyl (C=O) groups is 2. The Morgan fingerprint density at radius 3 is 2.08 bits per heavy atom. The van der Waals surface area contributed by atoms with E-state index < -0.39 is 5.92 Å². The van der Waals surface area contributed by atoms with E-state index in [0.29, 0.717) is 16.6 Å². The van der Waals surface area contributed by atoms with Crippen molar-refractivity contribution in [1.29, 1.82) is 0 Å². The topological polar surface area (TPSA) is 67.3 Å². The lowest BCUT2D eigenvalue weighted by molar-refractivity contribution is 0.0886. The molecule has 0 unspecified atom stereocenters. The Hall–Kier alpha value is -3.01.